The molecule has 0 bridgehead atoms. The Labute approximate surface area is 171 Å². The summed E-state index contributed by atoms with van der Waals surface area (Å²) in [7, 11) is 1.86. The van der Waals surface area contributed by atoms with Crippen molar-refractivity contribution >= 4 is 39.1 Å². The van der Waals surface area contributed by atoms with Gasteiger partial charge in [0.1, 0.15) is 11.4 Å². The molecule has 1 amide bonds. The highest BCUT2D eigenvalue weighted by atomic mass is 32.1. The summed E-state index contributed by atoms with van der Waals surface area (Å²) in [5, 5.41) is 8.17. The van der Waals surface area contributed by atoms with Gasteiger partial charge in [0.05, 0.1) is 16.1 Å². The quantitative estimate of drug-likeness (QED) is 0.494. The van der Waals surface area contributed by atoms with Gasteiger partial charge >= 0.3 is 5.97 Å². The lowest BCUT2D eigenvalue weighted by Gasteiger charge is -2.07. The van der Waals surface area contributed by atoms with Crippen molar-refractivity contribution in [3.8, 4) is 0 Å². The third kappa shape index (κ3) is 4.05. The molecule has 29 heavy (non-hydrogen) atoms. The van der Waals surface area contributed by atoms with E-state index >= 15 is 0 Å². The zero-order valence-electron chi connectivity index (χ0n) is 16.0. The molecule has 2 aromatic heterocycles. The number of amides is 1. The van der Waals surface area contributed by atoms with E-state index in [1.54, 1.807) is 28.9 Å². The molecule has 2 aromatic carbocycles. The number of thiophene rings is 1. The Morgan fingerprint density at radius 2 is 1.90 bits per heavy atom. The van der Waals surface area contributed by atoms with E-state index in [9.17, 15) is 9.59 Å². The number of aryl methyl sites for hydroxylation is 2. The molecule has 0 radical (unpaired) electrons. The predicted octanol–water partition coefficient (Wildman–Crippen LogP) is 4.55. The van der Waals surface area contributed by atoms with Gasteiger partial charge in [0.2, 0.25) is 0 Å². The van der Waals surface area contributed by atoms with Crippen LogP contribution in [0.3, 0.4) is 0 Å². The minimum Gasteiger partial charge on any atom is -0.457 e. The van der Waals surface area contributed by atoms with Crippen LogP contribution in [-0.2, 0) is 18.4 Å². The molecule has 4 rings (SSSR count). The highest BCUT2D eigenvalue weighted by Crippen LogP contribution is 2.28. The number of nitrogens with one attached hydrogen (secondary N) is 1. The smallest absolute Gasteiger partial charge is 0.338 e. The summed E-state index contributed by atoms with van der Waals surface area (Å²) < 4.78 is 7.13. The van der Waals surface area contributed by atoms with E-state index in [-0.39, 0.29) is 12.5 Å². The van der Waals surface area contributed by atoms with Crippen molar-refractivity contribution in [2.45, 2.75) is 13.5 Å². The van der Waals surface area contributed by atoms with Crippen LogP contribution in [0.5, 0.6) is 0 Å². The molecule has 146 valence electrons. The predicted molar refractivity (Wildman–Crippen MR) is 113 cm³/mol. The normalized spacial score (nSPS) is 10.8. The van der Waals surface area contributed by atoms with Crippen molar-refractivity contribution in [1.82, 2.24) is 9.78 Å². The van der Waals surface area contributed by atoms with E-state index in [2.05, 4.69) is 10.4 Å². The van der Waals surface area contributed by atoms with Crippen LogP contribution < -0.4 is 5.32 Å². The Balaban J connectivity index is 1.45. The molecule has 7 heteroatoms. The van der Waals surface area contributed by atoms with Gasteiger partial charge in [-0.3, -0.25) is 9.48 Å². The fraction of sp³-hybridized carbons (Fsp3) is 0.136. The van der Waals surface area contributed by atoms with E-state index < -0.39 is 5.97 Å². The van der Waals surface area contributed by atoms with E-state index in [1.165, 1.54) is 11.3 Å². The summed E-state index contributed by atoms with van der Waals surface area (Å²) in [4.78, 5) is 26.5. The van der Waals surface area contributed by atoms with Crippen LogP contribution >= 0.6 is 11.3 Å². The number of aromatic nitrogens is 2. The number of rotatable bonds is 5. The first-order chi connectivity index (χ1) is 14.0. The van der Waals surface area contributed by atoms with Crippen molar-refractivity contribution < 1.29 is 14.3 Å². The highest BCUT2D eigenvalue weighted by Gasteiger charge is 2.16. The van der Waals surface area contributed by atoms with Crippen molar-refractivity contribution in [3.63, 3.8) is 0 Å². The average Bonchev–Trinajstić information content (AvgIpc) is 3.29. The molecular formula is C22H19N3O3S. The fourth-order valence-electron chi connectivity index (χ4n) is 3.04. The van der Waals surface area contributed by atoms with Crippen molar-refractivity contribution in [1.29, 1.82) is 0 Å². The Morgan fingerprint density at radius 3 is 2.66 bits per heavy atom. The lowest BCUT2D eigenvalue weighted by Crippen LogP contribution is -2.11. The van der Waals surface area contributed by atoms with Gasteiger partial charge in [-0.15, -0.1) is 11.3 Å². The monoisotopic (exact) mass is 405 g/mol. The van der Waals surface area contributed by atoms with Crippen LogP contribution in [0.4, 0.5) is 5.69 Å². The molecule has 2 heterocycles. The minimum absolute atomic E-state index is 0.200. The Morgan fingerprint density at radius 1 is 1.10 bits per heavy atom. The molecule has 0 aliphatic heterocycles. The number of ether oxygens (including phenoxy) is 1. The summed E-state index contributed by atoms with van der Waals surface area (Å²) in [5.74, 6) is -0.658. The molecule has 0 saturated carbocycles. The summed E-state index contributed by atoms with van der Waals surface area (Å²) in [5.41, 5.74) is 2.73. The Kier molecular flexibility index (Phi) is 5.14. The molecule has 4 aromatic rings. The van der Waals surface area contributed by atoms with E-state index in [0.29, 0.717) is 16.1 Å². The standard InChI is InChI=1S/C22H19N3O3S/c1-14-18-12-19(29-21(18)25(2)24-14)20(26)23-17-10-6-9-16(11-17)22(27)28-13-15-7-4-3-5-8-15/h3-12H,13H2,1-2H3,(H,23,26). The van der Waals surface area contributed by atoms with Crippen molar-refractivity contribution in [2.24, 2.45) is 7.05 Å². The number of hydrogen-bond acceptors (Lipinski definition) is 5. The molecule has 1 N–H and O–H groups in total. The molecule has 0 atom stereocenters. The number of fused-ring (bicyclic) bond motifs is 1. The second-order valence-electron chi connectivity index (χ2n) is 6.64. The maximum atomic E-state index is 12.6. The van der Waals surface area contributed by atoms with Crippen molar-refractivity contribution in [3.05, 3.63) is 82.4 Å². The second-order valence-corrected chi connectivity index (χ2v) is 7.67. The van der Waals surface area contributed by atoms with Gasteiger partial charge in [0, 0.05) is 18.1 Å². The number of anilines is 1. The number of carbonyl (C=O) groups excluding carboxylic acids is 2. The van der Waals surface area contributed by atoms with Gasteiger partial charge in [0.25, 0.3) is 5.91 Å². The first kappa shape index (κ1) is 18.9. The van der Waals surface area contributed by atoms with E-state index in [4.69, 9.17) is 4.74 Å². The Bertz CT molecular complexity index is 1160. The molecule has 0 aliphatic carbocycles. The second kappa shape index (κ2) is 7.89. The maximum Gasteiger partial charge on any atom is 0.338 e. The number of esters is 1. The number of nitrogens with zero attached hydrogens (tertiary/aromatic N) is 2. The summed E-state index contributed by atoms with van der Waals surface area (Å²) >= 11 is 1.39. The maximum absolute atomic E-state index is 12.6. The third-order valence-corrected chi connectivity index (χ3v) is 5.69. The first-order valence-corrected chi connectivity index (χ1v) is 9.88. The zero-order chi connectivity index (χ0) is 20.4. The van der Waals surface area contributed by atoms with Crippen molar-refractivity contribution in [2.75, 3.05) is 5.32 Å². The van der Waals surface area contributed by atoms with Gasteiger partial charge in [0.15, 0.2) is 0 Å². The summed E-state index contributed by atoms with van der Waals surface area (Å²) in [6.45, 7) is 2.12. The number of carbonyl (C=O) groups is 2. The van der Waals surface area contributed by atoms with Crippen LogP contribution in [0.2, 0.25) is 0 Å². The number of hydrogen-bond donors (Lipinski definition) is 1. The third-order valence-electron chi connectivity index (χ3n) is 4.49. The zero-order valence-corrected chi connectivity index (χ0v) is 16.8. The first-order valence-electron chi connectivity index (χ1n) is 9.07. The molecule has 6 nitrogen and oxygen atoms in total. The van der Waals surface area contributed by atoms with Gasteiger partial charge in [-0.25, -0.2) is 4.79 Å². The molecule has 0 saturated heterocycles. The average molecular weight is 405 g/mol. The van der Waals surface area contributed by atoms with Crippen LogP contribution in [0.1, 0.15) is 31.3 Å². The Hall–Kier alpha value is -3.45. The van der Waals surface area contributed by atoms with Gasteiger partial charge < -0.3 is 10.1 Å². The van der Waals surface area contributed by atoms with Crippen LogP contribution in [0.25, 0.3) is 10.2 Å². The summed E-state index contributed by atoms with van der Waals surface area (Å²) in [6, 6.07) is 18.1. The molecular weight excluding hydrogens is 386 g/mol. The van der Waals surface area contributed by atoms with Gasteiger partial charge in [-0.1, -0.05) is 36.4 Å². The SMILES string of the molecule is Cc1nn(C)c2sc(C(=O)Nc3cccc(C(=O)OCc4ccccc4)c3)cc12. The van der Waals surface area contributed by atoms with Crippen LogP contribution in [-0.4, -0.2) is 21.7 Å². The van der Waals surface area contributed by atoms with E-state index in [0.717, 1.165) is 21.5 Å². The van der Waals surface area contributed by atoms with Gasteiger partial charge in [-0.05, 0) is 36.8 Å². The summed E-state index contributed by atoms with van der Waals surface area (Å²) in [6.07, 6.45) is 0. The highest BCUT2D eigenvalue weighted by molar-refractivity contribution is 7.20. The lowest BCUT2D eigenvalue weighted by atomic mass is 10.2. The lowest BCUT2D eigenvalue weighted by molar-refractivity contribution is 0.0472. The molecule has 0 unspecified atom stereocenters. The van der Waals surface area contributed by atoms with Gasteiger partial charge in [-0.2, -0.15) is 5.10 Å². The topological polar surface area (TPSA) is 73.2 Å². The molecule has 0 fully saturated rings. The number of benzene rings is 2. The minimum atomic E-state index is -0.437. The van der Waals surface area contributed by atoms with Crippen LogP contribution in [0.15, 0.2) is 60.7 Å². The largest absolute Gasteiger partial charge is 0.457 e. The van der Waals surface area contributed by atoms with E-state index in [1.807, 2.05) is 50.4 Å². The van der Waals surface area contributed by atoms with Crippen LogP contribution in [0, 0.1) is 6.92 Å². The molecule has 0 spiro atoms. The fourth-order valence-corrected chi connectivity index (χ4v) is 4.06. The molecule has 0 aliphatic rings.